The number of rotatable bonds is 9. The van der Waals surface area contributed by atoms with E-state index >= 15 is 0 Å². The first kappa shape index (κ1) is 26.8. The zero-order valence-corrected chi connectivity index (χ0v) is 23.7. The van der Waals surface area contributed by atoms with Crippen LogP contribution in [0.1, 0.15) is 56.3 Å². The van der Waals surface area contributed by atoms with Crippen LogP contribution in [0.4, 0.5) is 0 Å². The maximum absolute atomic E-state index is 12.9. The lowest BCUT2D eigenvalue weighted by Crippen LogP contribution is -2.35. The maximum Gasteiger partial charge on any atom is 0.213 e. The van der Waals surface area contributed by atoms with Crippen LogP contribution in [-0.4, -0.2) is 49.8 Å². The maximum atomic E-state index is 12.9. The van der Waals surface area contributed by atoms with Gasteiger partial charge in [0.2, 0.25) is 10.0 Å². The summed E-state index contributed by atoms with van der Waals surface area (Å²) in [6.07, 6.45) is 4.56. The number of likely N-dealkylation sites (tertiary alicyclic amines) is 1. The molecular formula is C29H34N4O3S2. The van der Waals surface area contributed by atoms with E-state index in [-0.39, 0.29) is 17.9 Å². The van der Waals surface area contributed by atoms with E-state index in [2.05, 4.69) is 33.7 Å². The lowest BCUT2D eigenvalue weighted by atomic mass is 10.0. The molecule has 0 spiro atoms. The quantitative estimate of drug-likeness (QED) is 0.384. The molecule has 1 fully saturated rings. The average Bonchev–Trinajstić information content (AvgIpc) is 3.63. The number of sulfonamides is 1. The topological polar surface area (TPSA) is 95.3 Å². The van der Waals surface area contributed by atoms with Gasteiger partial charge in [-0.05, 0) is 80.5 Å². The molecule has 0 unspecified atom stereocenters. The Morgan fingerprint density at radius 1 is 1.26 bits per heavy atom. The van der Waals surface area contributed by atoms with E-state index in [1.54, 1.807) is 11.3 Å². The van der Waals surface area contributed by atoms with Crippen LogP contribution < -0.4 is 9.46 Å². The fourth-order valence-corrected chi connectivity index (χ4v) is 7.66. The molecule has 0 radical (unpaired) electrons. The summed E-state index contributed by atoms with van der Waals surface area (Å²) in [7, 11) is -3.38. The van der Waals surface area contributed by atoms with Gasteiger partial charge in [-0.25, -0.2) is 18.1 Å². The first-order valence-corrected chi connectivity index (χ1v) is 15.7. The van der Waals surface area contributed by atoms with Crippen LogP contribution in [0.2, 0.25) is 0 Å². The molecule has 0 amide bonds. The van der Waals surface area contributed by atoms with Crippen molar-refractivity contribution in [2.75, 3.05) is 25.4 Å². The van der Waals surface area contributed by atoms with Crippen LogP contribution in [0, 0.1) is 17.2 Å². The third-order valence-corrected chi connectivity index (χ3v) is 9.70. The summed E-state index contributed by atoms with van der Waals surface area (Å²) in [4.78, 5) is 7.93. The van der Waals surface area contributed by atoms with Crippen molar-refractivity contribution >= 4 is 21.4 Å². The van der Waals surface area contributed by atoms with E-state index in [1.807, 2.05) is 50.4 Å². The minimum Gasteiger partial charge on any atom is -0.490 e. The van der Waals surface area contributed by atoms with Crippen molar-refractivity contribution in [2.24, 2.45) is 5.92 Å². The highest BCUT2D eigenvalue weighted by molar-refractivity contribution is 7.89. The molecule has 38 heavy (non-hydrogen) atoms. The summed E-state index contributed by atoms with van der Waals surface area (Å²) >= 11 is 1.58. The van der Waals surface area contributed by atoms with Crippen molar-refractivity contribution in [3.8, 4) is 32.8 Å². The summed E-state index contributed by atoms with van der Waals surface area (Å²) in [5.41, 5.74) is 4.70. The fourth-order valence-electron chi connectivity index (χ4n) is 5.40. The molecule has 3 aromatic rings. The molecule has 1 aromatic heterocycles. The lowest BCUT2D eigenvalue weighted by molar-refractivity contribution is 0.242. The molecule has 9 heteroatoms. The normalized spacial score (nSPS) is 19.6. The highest BCUT2D eigenvalue weighted by Crippen LogP contribution is 2.41. The lowest BCUT2D eigenvalue weighted by Gasteiger charge is -2.18. The molecule has 0 saturated carbocycles. The molecule has 5 rings (SSSR count). The molecule has 0 bridgehead atoms. The van der Waals surface area contributed by atoms with Gasteiger partial charge in [0, 0.05) is 30.9 Å². The third-order valence-electron chi connectivity index (χ3n) is 7.26. The molecule has 2 heterocycles. The molecule has 1 aliphatic carbocycles. The average molecular weight is 551 g/mol. The van der Waals surface area contributed by atoms with E-state index in [1.165, 1.54) is 5.56 Å². The van der Waals surface area contributed by atoms with Gasteiger partial charge in [0.15, 0.2) is 0 Å². The van der Waals surface area contributed by atoms with Crippen LogP contribution in [0.3, 0.4) is 0 Å². The van der Waals surface area contributed by atoms with E-state index in [0.717, 1.165) is 58.9 Å². The first-order valence-electron chi connectivity index (χ1n) is 13.2. The zero-order valence-electron chi connectivity index (χ0n) is 22.1. The van der Waals surface area contributed by atoms with Crippen molar-refractivity contribution in [1.82, 2.24) is 14.6 Å². The van der Waals surface area contributed by atoms with Gasteiger partial charge in [-0.1, -0.05) is 25.1 Å². The molecule has 1 N–H and O–H groups in total. The number of nitrogens with one attached hydrogen (secondary N) is 1. The molecule has 1 aliphatic heterocycles. The van der Waals surface area contributed by atoms with Crippen molar-refractivity contribution in [3.63, 3.8) is 0 Å². The molecule has 2 aliphatic rings. The van der Waals surface area contributed by atoms with Gasteiger partial charge in [-0.3, -0.25) is 0 Å². The van der Waals surface area contributed by atoms with Gasteiger partial charge in [0.25, 0.3) is 0 Å². The summed E-state index contributed by atoms with van der Waals surface area (Å²) in [6.45, 7) is 8.64. The molecule has 2 aromatic carbocycles. The molecule has 2 atom stereocenters. The number of aromatic nitrogens is 1. The number of hydrogen-bond donors (Lipinski definition) is 1. The molecular weight excluding hydrogens is 516 g/mol. The second-order valence-corrected chi connectivity index (χ2v) is 13.5. The van der Waals surface area contributed by atoms with Gasteiger partial charge in [0.05, 0.1) is 22.3 Å². The van der Waals surface area contributed by atoms with Crippen LogP contribution in [-0.2, 0) is 16.4 Å². The minimum absolute atomic E-state index is 0.0122. The third kappa shape index (κ3) is 5.94. The largest absolute Gasteiger partial charge is 0.490 e. The van der Waals surface area contributed by atoms with Crippen LogP contribution in [0.5, 0.6) is 5.75 Å². The Bertz CT molecular complexity index is 1460. The van der Waals surface area contributed by atoms with Gasteiger partial charge < -0.3 is 9.64 Å². The number of hydrogen-bond acceptors (Lipinski definition) is 7. The van der Waals surface area contributed by atoms with Gasteiger partial charge >= 0.3 is 0 Å². The first-order chi connectivity index (χ1) is 18.2. The van der Waals surface area contributed by atoms with E-state index in [9.17, 15) is 13.7 Å². The number of nitriles is 1. The second-order valence-electron chi connectivity index (χ2n) is 10.6. The number of benzene rings is 2. The standard InChI is InChI=1S/C29H34N4O3S2/c1-19(2)36-27-10-7-21(15-22(27)16-30)29-31-17-28(37-29)25-6-4-5-24-23(25)8-9-26(24)32-38(34,35)14-13-33-12-11-20(3)18-33/h4-7,10,15,17,19-20,26,32H,8-9,11-14,18H2,1-3H3/t20-,26-/m0/s1. The van der Waals surface area contributed by atoms with Crippen molar-refractivity contribution in [3.05, 3.63) is 59.3 Å². The van der Waals surface area contributed by atoms with Gasteiger partial charge in [-0.2, -0.15) is 5.26 Å². The summed E-state index contributed by atoms with van der Waals surface area (Å²) in [6, 6.07) is 13.7. The van der Waals surface area contributed by atoms with Gasteiger partial charge in [0.1, 0.15) is 16.8 Å². The van der Waals surface area contributed by atoms with Crippen LogP contribution in [0.15, 0.2) is 42.6 Å². The number of ether oxygens (including phenoxy) is 1. The van der Waals surface area contributed by atoms with E-state index in [4.69, 9.17) is 4.74 Å². The Hall–Kier alpha value is -2.77. The fraction of sp³-hybridized carbons (Fsp3) is 0.448. The second kappa shape index (κ2) is 11.1. The monoisotopic (exact) mass is 550 g/mol. The Balaban J connectivity index is 1.32. The number of thiazole rings is 1. The molecule has 200 valence electrons. The zero-order chi connectivity index (χ0) is 26.9. The van der Waals surface area contributed by atoms with Crippen molar-refractivity contribution in [1.29, 1.82) is 5.26 Å². The van der Waals surface area contributed by atoms with E-state index < -0.39 is 10.0 Å². The summed E-state index contributed by atoms with van der Waals surface area (Å²) < 4.78 is 34.5. The van der Waals surface area contributed by atoms with Crippen LogP contribution >= 0.6 is 11.3 Å². The Kier molecular flexibility index (Phi) is 7.87. The molecule has 1 saturated heterocycles. The molecule has 7 nitrogen and oxygen atoms in total. The Labute approximate surface area is 229 Å². The van der Waals surface area contributed by atoms with Crippen LogP contribution in [0.25, 0.3) is 21.0 Å². The Morgan fingerprint density at radius 2 is 2.11 bits per heavy atom. The Morgan fingerprint density at radius 3 is 2.84 bits per heavy atom. The van der Waals surface area contributed by atoms with Crippen molar-refractivity contribution < 1.29 is 13.2 Å². The predicted molar refractivity (Wildman–Crippen MR) is 152 cm³/mol. The minimum atomic E-state index is -3.38. The highest BCUT2D eigenvalue weighted by atomic mass is 32.2. The van der Waals surface area contributed by atoms with Gasteiger partial charge in [-0.15, -0.1) is 11.3 Å². The highest BCUT2D eigenvalue weighted by Gasteiger charge is 2.29. The number of nitrogens with zero attached hydrogens (tertiary/aromatic N) is 3. The van der Waals surface area contributed by atoms with E-state index in [0.29, 0.717) is 23.8 Å². The SMILES string of the molecule is CC(C)Oc1ccc(-c2ncc(-c3cccc4c3CC[C@@H]4NS(=O)(=O)CCN3CC[C@H](C)C3)s2)cc1C#N. The summed E-state index contributed by atoms with van der Waals surface area (Å²) in [5, 5.41) is 10.4. The van der Waals surface area contributed by atoms with Crippen molar-refractivity contribution in [2.45, 2.75) is 52.2 Å². The summed E-state index contributed by atoms with van der Waals surface area (Å²) in [5.74, 6) is 1.35. The predicted octanol–water partition coefficient (Wildman–Crippen LogP) is 5.38. The smallest absolute Gasteiger partial charge is 0.213 e. The number of fused-ring (bicyclic) bond motifs is 1.